The standard InChI is InChI=1S/C21H25N6O2.ClH/c1-4-27(14-15-29-20(28)17-8-6-5-7-9-17)19-12-10-18(11-13-19)23-24-21-22-16(2)26(3)25-21;/h5-13,21H,4,14-15H2,1-3H3;1H/q+1;/p-1. The van der Waals surface area contributed by atoms with E-state index in [9.17, 15) is 4.79 Å². The third-order valence-corrected chi connectivity index (χ3v) is 4.52. The average molecular weight is 429 g/mol. The molecule has 0 spiro atoms. The van der Waals surface area contributed by atoms with Crippen LogP contribution in [-0.2, 0) is 4.74 Å². The van der Waals surface area contributed by atoms with E-state index >= 15 is 0 Å². The number of carbonyl (C=O) groups is 1. The third kappa shape index (κ3) is 6.18. The molecule has 1 aliphatic heterocycles. The number of carbonyl (C=O) groups excluding carboxylic acids is 1. The molecule has 2 aromatic rings. The summed E-state index contributed by atoms with van der Waals surface area (Å²) >= 11 is 0. The number of esters is 1. The molecule has 1 atom stereocenters. The van der Waals surface area contributed by atoms with Crippen molar-refractivity contribution < 1.29 is 26.6 Å². The Morgan fingerprint density at radius 2 is 1.87 bits per heavy atom. The fourth-order valence-corrected chi connectivity index (χ4v) is 2.79. The minimum atomic E-state index is -0.508. The van der Waals surface area contributed by atoms with Crippen LogP contribution in [0.3, 0.4) is 0 Å². The van der Waals surface area contributed by atoms with Crippen LogP contribution in [-0.4, -0.2) is 49.5 Å². The summed E-state index contributed by atoms with van der Waals surface area (Å²) in [7, 11) is 1.83. The van der Waals surface area contributed by atoms with Crippen LogP contribution < -0.4 is 17.3 Å². The van der Waals surface area contributed by atoms with Gasteiger partial charge in [0, 0.05) is 19.2 Å². The second-order valence-corrected chi connectivity index (χ2v) is 6.48. The molecule has 0 fully saturated rings. The van der Waals surface area contributed by atoms with Gasteiger partial charge in [0.2, 0.25) is 0 Å². The molecule has 0 aromatic heterocycles. The molecular weight excluding hydrogens is 404 g/mol. The number of amidine groups is 1. The highest BCUT2D eigenvalue weighted by molar-refractivity contribution is 5.89. The maximum absolute atomic E-state index is 12.0. The molecule has 8 nitrogen and oxygen atoms in total. The fraction of sp³-hybridized carbons (Fsp3) is 0.333. The average Bonchev–Trinajstić information content (AvgIpc) is 3.08. The zero-order valence-corrected chi connectivity index (χ0v) is 18.0. The monoisotopic (exact) mass is 428 g/mol. The highest BCUT2D eigenvalue weighted by Crippen LogP contribution is 2.21. The number of nitrogens with zero attached hydrogens (tertiary/aromatic N) is 6. The second-order valence-electron chi connectivity index (χ2n) is 6.48. The number of azo groups is 3. The Balaban J connectivity index is 0.00000320. The fourth-order valence-electron chi connectivity index (χ4n) is 2.79. The molecule has 1 heterocycles. The first-order valence-corrected chi connectivity index (χ1v) is 9.53. The van der Waals surface area contributed by atoms with E-state index in [1.807, 2.05) is 56.4 Å². The van der Waals surface area contributed by atoms with Crippen LogP contribution in [0.15, 0.2) is 74.9 Å². The smallest absolute Gasteiger partial charge is 0.377 e. The van der Waals surface area contributed by atoms with Gasteiger partial charge in [-0.3, -0.25) is 0 Å². The second kappa shape index (κ2) is 11.2. The number of rotatable bonds is 8. The molecule has 30 heavy (non-hydrogen) atoms. The number of anilines is 1. The van der Waals surface area contributed by atoms with Gasteiger partial charge in [-0.2, -0.15) is 0 Å². The van der Waals surface area contributed by atoms with Crippen molar-refractivity contribution in [3.8, 4) is 0 Å². The maximum atomic E-state index is 12.0. The molecule has 0 aliphatic carbocycles. The predicted molar refractivity (Wildman–Crippen MR) is 111 cm³/mol. The highest BCUT2D eigenvalue weighted by Gasteiger charge is 2.23. The lowest BCUT2D eigenvalue weighted by molar-refractivity contribution is -0.446. The Morgan fingerprint density at radius 3 is 2.47 bits per heavy atom. The summed E-state index contributed by atoms with van der Waals surface area (Å²) in [6.45, 7) is 5.66. The molecule has 0 amide bonds. The van der Waals surface area contributed by atoms with E-state index in [2.05, 4.69) is 32.2 Å². The SMILES string of the molecule is CCN(CCOC(=O)c1ccccc1)c1ccc(N=NC2N=C(C)[N+](C)=N2)cc1.[Cl-]. The summed E-state index contributed by atoms with van der Waals surface area (Å²) in [5.41, 5.74) is 2.32. The van der Waals surface area contributed by atoms with Crippen molar-refractivity contribution >= 4 is 23.2 Å². The highest BCUT2D eigenvalue weighted by atomic mass is 35.5. The van der Waals surface area contributed by atoms with E-state index < -0.39 is 6.29 Å². The van der Waals surface area contributed by atoms with Gasteiger partial charge in [-0.15, -0.1) is 14.9 Å². The van der Waals surface area contributed by atoms with Gasteiger partial charge in [-0.25, -0.2) is 4.79 Å². The van der Waals surface area contributed by atoms with Crippen LogP contribution in [0.4, 0.5) is 11.4 Å². The molecule has 1 aliphatic rings. The quantitative estimate of drug-likeness (QED) is 0.360. The lowest BCUT2D eigenvalue weighted by Gasteiger charge is -2.22. The number of ether oxygens (including phenoxy) is 1. The van der Waals surface area contributed by atoms with Crippen LogP contribution in [0.5, 0.6) is 0 Å². The van der Waals surface area contributed by atoms with E-state index in [1.54, 1.807) is 16.8 Å². The largest absolute Gasteiger partial charge is 1.00 e. The number of hydrogen-bond donors (Lipinski definition) is 0. The molecule has 9 heteroatoms. The summed E-state index contributed by atoms with van der Waals surface area (Å²) in [5.74, 6) is 0.508. The topological polar surface area (TPSA) is 82.0 Å². The Labute approximate surface area is 182 Å². The first-order chi connectivity index (χ1) is 14.1. The predicted octanol–water partition coefficient (Wildman–Crippen LogP) is 1.27. The number of benzene rings is 2. The number of hydrogen-bond acceptors (Lipinski definition) is 7. The molecule has 3 rings (SSSR count). The van der Waals surface area contributed by atoms with Crippen LogP contribution in [0.1, 0.15) is 24.2 Å². The van der Waals surface area contributed by atoms with Gasteiger partial charge in [0.25, 0.3) is 0 Å². The van der Waals surface area contributed by atoms with Gasteiger partial charge in [0.15, 0.2) is 0 Å². The Hall–Kier alpha value is -3.13. The molecule has 0 bridgehead atoms. The Bertz CT molecular complexity index is 910. The molecule has 0 radical (unpaired) electrons. The van der Waals surface area contributed by atoms with Gasteiger partial charge in [0.1, 0.15) is 13.7 Å². The summed E-state index contributed by atoms with van der Waals surface area (Å²) in [6, 6.07) is 16.7. The van der Waals surface area contributed by atoms with Crippen LogP contribution in [0.2, 0.25) is 0 Å². The molecular formula is C21H25ClN6O2. The first-order valence-electron chi connectivity index (χ1n) is 9.53. The van der Waals surface area contributed by atoms with E-state index in [4.69, 9.17) is 4.74 Å². The van der Waals surface area contributed by atoms with E-state index in [0.29, 0.717) is 18.7 Å². The van der Waals surface area contributed by atoms with Gasteiger partial charge < -0.3 is 22.0 Å². The van der Waals surface area contributed by atoms with Crippen LogP contribution in [0.25, 0.3) is 0 Å². The molecule has 0 saturated carbocycles. The molecule has 0 saturated heterocycles. The van der Waals surface area contributed by atoms with E-state index in [0.717, 1.165) is 23.8 Å². The van der Waals surface area contributed by atoms with Crippen molar-refractivity contribution in [3.63, 3.8) is 0 Å². The summed E-state index contributed by atoms with van der Waals surface area (Å²) < 4.78 is 7.07. The minimum absolute atomic E-state index is 0. The summed E-state index contributed by atoms with van der Waals surface area (Å²) in [5, 5.41) is 12.6. The lowest BCUT2D eigenvalue weighted by Crippen LogP contribution is -3.00. The normalized spacial score (nSPS) is 15.4. The number of likely N-dealkylation sites (N-methyl/N-ethyl adjacent to an activating group) is 1. The summed E-state index contributed by atoms with van der Waals surface area (Å²) in [4.78, 5) is 18.4. The van der Waals surface area contributed by atoms with Gasteiger partial charge >= 0.3 is 18.1 Å². The Kier molecular flexibility index (Phi) is 8.61. The van der Waals surface area contributed by atoms with Crippen molar-refractivity contribution in [2.75, 3.05) is 31.6 Å². The minimum Gasteiger partial charge on any atom is -1.00 e. The zero-order chi connectivity index (χ0) is 20.6. The van der Waals surface area contributed by atoms with Crippen LogP contribution >= 0.6 is 0 Å². The van der Waals surface area contributed by atoms with Gasteiger partial charge in [0.05, 0.1) is 17.8 Å². The maximum Gasteiger partial charge on any atom is 0.377 e. The Morgan fingerprint density at radius 1 is 1.17 bits per heavy atom. The van der Waals surface area contributed by atoms with Crippen molar-refractivity contribution in [1.82, 2.24) is 0 Å². The number of aliphatic imine (C=N–C) groups is 1. The number of halogens is 1. The van der Waals surface area contributed by atoms with Gasteiger partial charge in [-0.05, 0) is 53.4 Å². The van der Waals surface area contributed by atoms with Crippen molar-refractivity contribution in [2.45, 2.75) is 20.1 Å². The summed E-state index contributed by atoms with van der Waals surface area (Å²) in [6.07, 6.45) is -0.508. The zero-order valence-electron chi connectivity index (χ0n) is 17.3. The third-order valence-electron chi connectivity index (χ3n) is 4.52. The van der Waals surface area contributed by atoms with Gasteiger partial charge in [-0.1, -0.05) is 18.2 Å². The van der Waals surface area contributed by atoms with Crippen molar-refractivity contribution in [1.29, 1.82) is 0 Å². The molecule has 0 N–H and O–H groups in total. The molecule has 1 unspecified atom stereocenters. The van der Waals surface area contributed by atoms with Crippen molar-refractivity contribution in [2.24, 2.45) is 20.3 Å². The molecule has 158 valence electrons. The lowest BCUT2D eigenvalue weighted by atomic mass is 10.2. The van der Waals surface area contributed by atoms with E-state index in [-0.39, 0.29) is 18.4 Å². The van der Waals surface area contributed by atoms with Crippen molar-refractivity contribution in [3.05, 3.63) is 60.2 Å². The van der Waals surface area contributed by atoms with E-state index in [1.165, 1.54) is 0 Å². The molecule has 2 aromatic carbocycles. The first kappa shape index (κ1) is 23.2. The van der Waals surface area contributed by atoms with Crippen LogP contribution in [0, 0.1) is 0 Å².